The van der Waals surface area contributed by atoms with Crippen molar-refractivity contribution in [3.05, 3.63) is 59.2 Å². The van der Waals surface area contributed by atoms with Crippen LogP contribution in [-0.2, 0) is 12.6 Å². The maximum absolute atomic E-state index is 12.7. The molecular formula is C16H11F3INO. The number of alkyl halides is 4. The highest BCUT2D eigenvalue weighted by molar-refractivity contribution is 14.1. The van der Waals surface area contributed by atoms with Crippen LogP contribution in [0, 0.1) is 11.3 Å². The maximum atomic E-state index is 12.7. The van der Waals surface area contributed by atoms with Gasteiger partial charge >= 0.3 is 6.18 Å². The first kappa shape index (κ1) is 16.6. The van der Waals surface area contributed by atoms with Crippen LogP contribution in [0.3, 0.4) is 0 Å². The van der Waals surface area contributed by atoms with Gasteiger partial charge in [-0.15, -0.1) is 0 Å². The lowest BCUT2D eigenvalue weighted by molar-refractivity contribution is -0.137. The van der Waals surface area contributed by atoms with Crippen molar-refractivity contribution in [2.45, 2.75) is 12.6 Å². The van der Waals surface area contributed by atoms with E-state index in [4.69, 9.17) is 10.00 Å². The Hall–Kier alpha value is -1.75. The SMILES string of the molecule is N#Cc1cc(CCI)ccc1Oc1cccc(C(F)(F)F)c1. The smallest absolute Gasteiger partial charge is 0.416 e. The summed E-state index contributed by atoms with van der Waals surface area (Å²) in [7, 11) is 0. The molecule has 0 bridgehead atoms. The average Bonchev–Trinajstić information content (AvgIpc) is 2.48. The van der Waals surface area contributed by atoms with Crippen molar-refractivity contribution < 1.29 is 17.9 Å². The second-order valence-corrected chi connectivity index (χ2v) is 5.59. The van der Waals surface area contributed by atoms with E-state index in [1.165, 1.54) is 12.1 Å². The van der Waals surface area contributed by atoms with Crippen molar-refractivity contribution in [1.29, 1.82) is 5.26 Å². The zero-order valence-corrected chi connectivity index (χ0v) is 13.5. The van der Waals surface area contributed by atoms with Gasteiger partial charge in [0.2, 0.25) is 0 Å². The number of nitrogens with zero attached hydrogens (tertiary/aromatic N) is 1. The van der Waals surface area contributed by atoms with Gasteiger partial charge in [-0.1, -0.05) is 34.7 Å². The molecule has 0 N–H and O–H groups in total. The van der Waals surface area contributed by atoms with Crippen LogP contribution in [0.1, 0.15) is 16.7 Å². The van der Waals surface area contributed by atoms with E-state index in [9.17, 15) is 13.2 Å². The molecule has 0 aliphatic carbocycles. The number of hydrogen-bond donors (Lipinski definition) is 0. The fourth-order valence-corrected chi connectivity index (χ4v) is 2.50. The van der Waals surface area contributed by atoms with Gasteiger partial charge in [0.15, 0.2) is 0 Å². The van der Waals surface area contributed by atoms with E-state index in [0.717, 1.165) is 28.5 Å². The molecule has 2 rings (SSSR count). The predicted octanol–water partition coefficient (Wildman–Crippen LogP) is 5.35. The van der Waals surface area contributed by atoms with Crippen LogP contribution < -0.4 is 4.74 Å². The van der Waals surface area contributed by atoms with Crippen LogP contribution in [0.15, 0.2) is 42.5 Å². The van der Waals surface area contributed by atoms with Gasteiger partial charge in [-0.25, -0.2) is 0 Å². The summed E-state index contributed by atoms with van der Waals surface area (Å²) in [5.74, 6) is 0.298. The minimum absolute atomic E-state index is 0.0490. The first-order chi connectivity index (χ1) is 10.4. The van der Waals surface area contributed by atoms with Crippen LogP contribution in [0.5, 0.6) is 11.5 Å². The molecule has 0 amide bonds. The lowest BCUT2D eigenvalue weighted by atomic mass is 10.1. The number of aryl methyl sites for hydroxylation is 1. The Labute approximate surface area is 139 Å². The number of nitriles is 1. The summed E-state index contributed by atoms with van der Waals surface area (Å²) < 4.78 is 44.4. The Morgan fingerprint density at radius 3 is 2.55 bits per heavy atom. The molecule has 0 spiro atoms. The normalized spacial score (nSPS) is 11.0. The zero-order valence-electron chi connectivity index (χ0n) is 11.3. The van der Waals surface area contributed by atoms with Gasteiger partial charge in [0.25, 0.3) is 0 Å². The van der Waals surface area contributed by atoms with Gasteiger partial charge in [-0.05, 0) is 42.3 Å². The molecule has 2 nitrogen and oxygen atoms in total. The Balaban J connectivity index is 2.29. The molecule has 2 aromatic rings. The van der Waals surface area contributed by atoms with Crippen molar-refractivity contribution in [3.63, 3.8) is 0 Å². The van der Waals surface area contributed by atoms with Gasteiger partial charge in [0.05, 0.1) is 11.1 Å². The van der Waals surface area contributed by atoms with Gasteiger partial charge < -0.3 is 4.74 Å². The van der Waals surface area contributed by atoms with Gasteiger partial charge in [-0.3, -0.25) is 0 Å². The third kappa shape index (κ3) is 4.13. The minimum Gasteiger partial charge on any atom is -0.456 e. The molecule has 6 heteroatoms. The fourth-order valence-electron chi connectivity index (χ4n) is 1.88. The number of hydrogen-bond acceptors (Lipinski definition) is 2. The Morgan fingerprint density at radius 1 is 1.14 bits per heavy atom. The second kappa shape index (κ2) is 7.01. The summed E-state index contributed by atoms with van der Waals surface area (Å²) in [5, 5.41) is 9.16. The summed E-state index contributed by atoms with van der Waals surface area (Å²) in [6.45, 7) is 0. The fraction of sp³-hybridized carbons (Fsp3) is 0.188. The van der Waals surface area contributed by atoms with Crippen molar-refractivity contribution in [2.75, 3.05) is 4.43 Å². The Kier molecular flexibility index (Phi) is 5.29. The van der Waals surface area contributed by atoms with E-state index in [0.29, 0.717) is 5.56 Å². The molecule has 0 heterocycles. The molecule has 0 saturated carbocycles. The molecule has 0 fully saturated rings. The number of halogens is 4. The molecule has 0 aromatic heterocycles. The summed E-state index contributed by atoms with van der Waals surface area (Å²) in [4.78, 5) is 0. The highest BCUT2D eigenvalue weighted by Gasteiger charge is 2.30. The summed E-state index contributed by atoms with van der Waals surface area (Å²) >= 11 is 2.23. The average molecular weight is 417 g/mol. The number of rotatable bonds is 4. The standard InChI is InChI=1S/C16H11F3INO/c17-16(18,19)13-2-1-3-14(9-13)22-15-5-4-11(6-7-20)8-12(15)10-21/h1-5,8-9H,6-7H2. The van der Waals surface area contributed by atoms with Crippen molar-refractivity contribution in [1.82, 2.24) is 0 Å². The van der Waals surface area contributed by atoms with Crippen LogP contribution in [0.25, 0.3) is 0 Å². The lowest BCUT2D eigenvalue weighted by Crippen LogP contribution is -2.04. The van der Waals surface area contributed by atoms with Crippen molar-refractivity contribution in [2.24, 2.45) is 0 Å². The summed E-state index contributed by atoms with van der Waals surface area (Å²) in [5.41, 5.74) is 0.507. The summed E-state index contributed by atoms with van der Waals surface area (Å²) in [6, 6.07) is 11.7. The van der Waals surface area contributed by atoms with Crippen LogP contribution in [-0.4, -0.2) is 4.43 Å². The van der Waals surface area contributed by atoms with E-state index in [1.54, 1.807) is 12.1 Å². The van der Waals surface area contributed by atoms with Crippen LogP contribution in [0.2, 0.25) is 0 Å². The lowest BCUT2D eigenvalue weighted by Gasteiger charge is -2.11. The first-order valence-electron chi connectivity index (χ1n) is 6.38. The highest BCUT2D eigenvalue weighted by Crippen LogP contribution is 2.33. The third-order valence-corrected chi connectivity index (χ3v) is 3.48. The predicted molar refractivity (Wildman–Crippen MR) is 85.3 cm³/mol. The van der Waals surface area contributed by atoms with E-state index in [-0.39, 0.29) is 11.5 Å². The summed E-state index contributed by atoms with van der Waals surface area (Å²) in [6.07, 6.45) is -3.61. The van der Waals surface area contributed by atoms with Crippen LogP contribution >= 0.6 is 22.6 Å². The molecule has 0 aliphatic rings. The molecule has 0 aliphatic heterocycles. The molecule has 0 radical (unpaired) electrons. The Morgan fingerprint density at radius 2 is 1.91 bits per heavy atom. The topological polar surface area (TPSA) is 33.0 Å². The monoisotopic (exact) mass is 417 g/mol. The third-order valence-electron chi connectivity index (χ3n) is 2.94. The molecule has 0 unspecified atom stereocenters. The number of ether oxygens (including phenoxy) is 1. The van der Waals surface area contributed by atoms with Gasteiger partial charge in [0.1, 0.15) is 17.6 Å². The molecule has 0 atom stereocenters. The molecule has 114 valence electrons. The molecule has 2 aromatic carbocycles. The van der Waals surface area contributed by atoms with E-state index >= 15 is 0 Å². The zero-order chi connectivity index (χ0) is 16.2. The quantitative estimate of drug-likeness (QED) is 0.497. The van der Waals surface area contributed by atoms with Crippen molar-refractivity contribution >= 4 is 22.6 Å². The van der Waals surface area contributed by atoms with E-state index in [2.05, 4.69) is 22.6 Å². The van der Waals surface area contributed by atoms with E-state index < -0.39 is 11.7 Å². The molecular weight excluding hydrogens is 406 g/mol. The van der Waals surface area contributed by atoms with E-state index in [1.807, 2.05) is 12.1 Å². The first-order valence-corrected chi connectivity index (χ1v) is 7.90. The molecule has 22 heavy (non-hydrogen) atoms. The highest BCUT2D eigenvalue weighted by atomic mass is 127. The van der Waals surface area contributed by atoms with Gasteiger partial charge in [0, 0.05) is 4.43 Å². The largest absolute Gasteiger partial charge is 0.456 e. The number of benzene rings is 2. The minimum atomic E-state index is -4.43. The maximum Gasteiger partial charge on any atom is 0.416 e. The molecule has 0 saturated heterocycles. The van der Waals surface area contributed by atoms with Crippen molar-refractivity contribution in [3.8, 4) is 17.6 Å². The van der Waals surface area contributed by atoms with Crippen LogP contribution in [0.4, 0.5) is 13.2 Å². The van der Waals surface area contributed by atoms with Gasteiger partial charge in [-0.2, -0.15) is 18.4 Å². The second-order valence-electron chi connectivity index (χ2n) is 4.51. The Bertz CT molecular complexity index is 707.